The van der Waals surface area contributed by atoms with Gasteiger partial charge in [-0.1, -0.05) is 22.9 Å². The van der Waals surface area contributed by atoms with Gasteiger partial charge in [-0.3, -0.25) is 0 Å². The Kier molecular flexibility index (Phi) is 4.68. The van der Waals surface area contributed by atoms with Gasteiger partial charge < -0.3 is 10.1 Å². The second kappa shape index (κ2) is 6.07. The lowest BCUT2D eigenvalue weighted by atomic mass is 9.97. The molecule has 0 aromatic heterocycles. The summed E-state index contributed by atoms with van der Waals surface area (Å²) in [5.74, 6) is 1.73. The maximum Gasteiger partial charge on any atom is 0.120 e. The van der Waals surface area contributed by atoms with Crippen molar-refractivity contribution in [1.82, 2.24) is 5.32 Å². The largest absolute Gasteiger partial charge is 0.494 e. The molecular formula is C15H22BrNO. The average Bonchev–Trinajstić information content (AvgIpc) is 2.49. The third-order valence-electron chi connectivity index (χ3n) is 3.76. The van der Waals surface area contributed by atoms with Crippen molar-refractivity contribution in [3.05, 3.63) is 27.7 Å². The van der Waals surface area contributed by atoms with Crippen molar-refractivity contribution in [2.75, 3.05) is 13.7 Å². The van der Waals surface area contributed by atoms with Gasteiger partial charge in [0.15, 0.2) is 0 Å². The van der Waals surface area contributed by atoms with Gasteiger partial charge in [0.25, 0.3) is 0 Å². The van der Waals surface area contributed by atoms with Crippen LogP contribution in [0.5, 0.6) is 5.75 Å². The van der Waals surface area contributed by atoms with E-state index in [9.17, 15) is 0 Å². The predicted octanol–water partition coefficient (Wildman–Crippen LogP) is 4.08. The van der Waals surface area contributed by atoms with Gasteiger partial charge in [0.2, 0.25) is 0 Å². The highest BCUT2D eigenvalue weighted by Crippen LogP contribution is 2.37. The minimum atomic E-state index is 0.439. The quantitative estimate of drug-likeness (QED) is 0.849. The topological polar surface area (TPSA) is 21.3 Å². The molecule has 0 saturated carbocycles. The zero-order chi connectivity index (χ0) is 13.1. The van der Waals surface area contributed by atoms with Gasteiger partial charge in [0.05, 0.1) is 6.61 Å². The Labute approximate surface area is 118 Å². The van der Waals surface area contributed by atoms with Crippen LogP contribution in [0.4, 0.5) is 0 Å². The van der Waals surface area contributed by atoms with E-state index in [1.165, 1.54) is 28.4 Å². The van der Waals surface area contributed by atoms with Crippen LogP contribution in [-0.2, 0) is 6.42 Å². The van der Waals surface area contributed by atoms with Crippen LogP contribution in [0, 0.1) is 5.92 Å². The summed E-state index contributed by atoms with van der Waals surface area (Å²) in [6, 6.07) is 4.75. The maximum absolute atomic E-state index is 5.66. The van der Waals surface area contributed by atoms with Crippen molar-refractivity contribution in [2.24, 2.45) is 5.92 Å². The highest BCUT2D eigenvalue weighted by atomic mass is 79.9. The van der Waals surface area contributed by atoms with Gasteiger partial charge in [0.1, 0.15) is 5.75 Å². The Morgan fingerprint density at radius 3 is 2.89 bits per heavy atom. The molecule has 0 amide bonds. The molecule has 0 spiro atoms. The molecule has 100 valence electrons. The summed E-state index contributed by atoms with van der Waals surface area (Å²) in [5.41, 5.74) is 2.85. The van der Waals surface area contributed by atoms with Crippen molar-refractivity contribution >= 4 is 15.9 Å². The van der Waals surface area contributed by atoms with E-state index < -0.39 is 0 Å². The number of hydrogen-bond donors (Lipinski definition) is 1. The van der Waals surface area contributed by atoms with Crippen molar-refractivity contribution < 1.29 is 4.74 Å². The van der Waals surface area contributed by atoms with E-state index in [1.807, 2.05) is 14.0 Å². The highest BCUT2D eigenvalue weighted by molar-refractivity contribution is 9.10. The third-order valence-corrected chi connectivity index (χ3v) is 4.47. The Bertz CT molecular complexity index is 419. The van der Waals surface area contributed by atoms with Crippen molar-refractivity contribution in [3.8, 4) is 5.75 Å². The summed E-state index contributed by atoms with van der Waals surface area (Å²) >= 11 is 3.71. The Balaban J connectivity index is 2.43. The van der Waals surface area contributed by atoms with Gasteiger partial charge in [-0.05, 0) is 62.4 Å². The number of nitrogens with one attached hydrogen (secondary N) is 1. The van der Waals surface area contributed by atoms with Gasteiger partial charge >= 0.3 is 0 Å². The van der Waals surface area contributed by atoms with Crippen molar-refractivity contribution in [2.45, 2.75) is 39.2 Å². The van der Waals surface area contributed by atoms with E-state index in [1.54, 1.807) is 0 Å². The lowest BCUT2D eigenvalue weighted by Gasteiger charge is -2.20. The monoisotopic (exact) mass is 311 g/mol. The molecule has 0 radical (unpaired) electrons. The molecule has 0 saturated heterocycles. The first-order valence-corrected chi connectivity index (χ1v) is 7.57. The summed E-state index contributed by atoms with van der Waals surface area (Å²) in [4.78, 5) is 0. The minimum absolute atomic E-state index is 0.439. The van der Waals surface area contributed by atoms with Crippen LogP contribution < -0.4 is 10.1 Å². The molecule has 1 aliphatic carbocycles. The summed E-state index contributed by atoms with van der Waals surface area (Å²) in [6.45, 7) is 5.08. The molecule has 18 heavy (non-hydrogen) atoms. The molecule has 3 heteroatoms. The number of halogens is 1. The van der Waals surface area contributed by atoms with Crippen LogP contribution in [0.15, 0.2) is 16.6 Å². The summed E-state index contributed by atoms with van der Waals surface area (Å²) in [7, 11) is 2.05. The average molecular weight is 312 g/mol. The number of hydrogen-bond acceptors (Lipinski definition) is 2. The van der Waals surface area contributed by atoms with Gasteiger partial charge in [-0.25, -0.2) is 0 Å². The van der Waals surface area contributed by atoms with Crippen LogP contribution >= 0.6 is 15.9 Å². The zero-order valence-electron chi connectivity index (χ0n) is 11.4. The van der Waals surface area contributed by atoms with E-state index in [0.29, 0.717) is 12.6 Å². The molecule has 1 N–H and O–H groups in total. The third kappa shape index (κ3) is 2.89. The first-order chi connectivity index (χ1) is 8.65. The molecule has 1 aromatic rings. The normalized spacial score (nSPS) is 23.3. The van der Waals surface area contributed by atoms with E-state index in [2.05, 4.69) is 40.3 Å². The first kappa shape index (κ1) is 13.9. The lowest BCUT2D eigenvalue weighted by Crippen LogP contribution is -2.18. The minimum Gasteiger partial charge on any atom is -0.494 e. The number of benzene rings is 1. The summed E-state index contributed by atoms with van der Waals surface area (Å²) in [6.07, 6.45) is 3.62. The fraction of sp³-hybridized carbons (Fsp3) is 0.600. The highest BCUT2D eigenvalue weighted by Gasteiger charge is 2.23. The molecule has 2 atom stereocenters. The number of ether oxygens (including phenoxy) is 1. The maximum atomic E-state index is 5.66. The fourth-order valence-corrected chi connectivity index (χ4v) is 3.42. The molecule has 0 aliphatic heterocycles. The molecule has 0 bridgehead atoms. The smallest absolute Gasteiger partial charge is 0.120 e. The molecule has 2 nitrogen and oxygen atoms in total. The Hall–Kier alpha value is -0.540. The summed E-state index contributed by atoms with van der Waals surface area (Å²) in [5, 5.41) is 3.45. The van der Waals surface area contributed by atoms with Crippen LogP contribution in [0.1, 0.15) is 43.9 Å². The fourth-order valence-electron chi connectivity index (χ4n) is 2.77. The number of rotatable bonds is 3. The van der Waals surface area contributed by atoms with Gasteiger partial charge in [-0.2, -0.15) is 0 Å². The predicted molar refractivity (Wildman–Crippen MR) is 79.2 cm³/mol. The Morgan fingerprint density at radius 2 is 2.22 bits per heavy atom. The van der Waals surface area contributed by atoms with Gasteiger partial charge in [-0.15, -0.1) is 0 Å². The first-order valence-electron chi connectivity index (χ1n) is 6.78. The van der Waals surface area contributed by atoms with E-state index >= 15 is 0 Å². The van der Waals surface area contributed by atoms with Crippen molar-refractivity contribution in [3.63, 3.8) is 0 Å². The molecule has 2 rings (SSSR count). The molecule has 1 aliphatic rings. The van der Waals surface area contributed by atoms with E-state index in [-0.39, 0.29) is 0 Å². The molecular weight excluding hydrogens is 290 g/mol. The van der Waals surface area contributed by atoms with Crippen LogP contribution in [-0.4, -0.2) is 13.7 Å². The zero-order valence-corrected chi connectivity index (χ0v) is 13.0. The second-order valence-corrected chi connectivity index (χ2v) is 5.98. The van der Waals surface area contributed by atoms with Gasteiger partial charge in [0, 0.05) is 10.5 Å². The van der Waals surface area contributed by atoms with Crippen molar-refractivity contribution in [1.29, 1.82) is 0 Å². The SMILES string of the molecule is CCOc1cc(Br)c2c(c1)C(NC)CC(C)CC2. The number of fused-ring (bicyclic) bond motifs is 1. The molecule has 0 heterocycles. The van der Waals surface area contributed by atoms with Crippen LogP contribution in [0.25, 0.3) is 0 Å². The molecule has 0 fully saturated rings. The Morgan fingerprint density at radius 1 is 1.44 bits per heavy atom. The molecule has 1 aromatic carbocycles. The van der Waals surface area contributed by atoms with E-state index in [0.717, 1.165) is 18.1 Å². The second-order valence-electron chi connectivity index (χ2n) is 5.13. The molecule has 2 unspecified atom stereocenters. The lowest BCUT2D eigenvalue weighted by molar-refractivity contribution is 0.338. The van der Waals surface area contributed by atoms with Crippen LogP contribution in [0.3, 0.4) is 0 Å². The summed E-state index contributed by atoms with van der Waals surface area (Å²) < 4.78 is 6.85. The van der Waals surface area contributed by atoms with E-state index in [4.69, 9.17) is 4.74 Å². The standard InChI is InChI=1S/C15H22BrNO/c1-4-18-11-8-13-12(14(16)9-11)6-5-10(2)7-15(13)17-3/h8-10,15,17H,4-7H2,1-3H3. The van der Waals surface area contributed by atoms with Crippen LogP contribution in [0.2, 0.25) is 0 Å².